The summed E-state index contributed by atoms with van der Waals surface area (Å²) in [7, 11) is -3.89. The lowest BCUT2D eigenvalue weighted by Crippen LogP contribution is -2.17. The van der Waals surface area contributed by atoms with Crippen molar-refractivity contribution in [2.75, 3.05) is 12.7 Å². The van der Waals surface area contributed by atoms with E-state index in [1.54, 1.807) is 0 Å². The molecule has 30 heavy (non-hydrogen) atoms. The molecule has 1 aliphatic carbocycles. The van der Waals surface area contributed by atoms with E-state index in [2.05, 4.69) is 48.6 Å². The maximum atomic E-state index is 11.0. The van der Waals surface area contributed by atoms with Crippen LogP contribution in [0.2, 0.25) is 0 Å². The summed E-state index contributed by atoms with van der Waals surface area (Å²) < 4.78 is 11.0. The summed E-state index contributed by atoms with van der Waals surface area (Å²) in [5.74, 6) is 0. The predicted octanol–water partition coefficient (Wildman–Crippen LogP) is 5.62. The van der Waals surface area contributed by atoms with Crippen LogP contribution < -0.4 is 5.32 Å². The fourth-order valence-electron chi connectivity index (χ4n) is 4.46. The highest BCUT2D eigenvalue weighted by molar-refractivity contribution is 7.51. The van der Waals surface area contributed by atoms with Gasteiger partial charge < -0.3 is 15.1 Å². The van der Waals surface area contributed by atoms with Crippen LogP contribution in [0.3, 0.4) is 0 Å². The fourth-order valence-corrected chi connectivity index (χ4v) is 5.03. The van der Waals surface area contributed by atoms with Crippen molar-refractivity contribution in [1.29, 1.82) is 0 Å². The van der Waals surface area contributed by atoms with Crippen molar-refractivity contribution < 1.29 is 14.4 Å². The summed E-state index contributed by atoms with van der Waals surface area (Å²) >= 11 is 0. The normalized spacial score (nSPS) is 13.6. The molecule has 0 aromatic heterocycles. The van der Waals surface area contributed by atoms with Crippen molar-refractivity contribution in [1.82, 2.24) is 5.32 Å². The molecule has 0 fully saturated rings. The quantitative estimate of drug-likeness (QED) is 0.302. The molecule has 1 aliphatic rings. The Morgan fingerprint density at radius 1 is 0.933 bits per heavy atom. The summed E-state index contributed by atoms with van der Waals surface area (Å²) in [5.41, 5.74) is 8.40. The Kier molecular flexibility index (Phi) is 8.71. The van der Waals surface area contributed by atoms with Gasteiger partial charge in [-0.1, -0.05) is 62.6 Å². The van der Waals surface area contributed by atoms with E-state index in [-0.39, 0.29) is 6.16 Å². The van der Waals surface area contributed by atoms with E-state index in [4.69, 9.17) is 9.79 Å². The van der Waals surface area contributed by atoms with E-state index in [0.29, 0.717) is 13.0 Å². The second-order valence-corrected chi connectivity index (χ2v) is 10.3. The van der Waals surface area contributed by atoms with Crippen LogP contribution in [0.5, 0.6) is 0 Å². The van der Waals surface area contributed by atoms with E-state index in [1.165, 1.54) is 71.9 Å². The van der Waals surface area contributed by atoms with Gasteiger partial charge in [-0.15, -0.1) is 0 Å². The molecule has 2 aromatic carbocycles. The Hall–Kier alpha value is -1.45. The van der Waals surface area contributed by atoms with Crippen molar-refractivity contribution in [3.05, 3.63) is 58.7 Å². The van der Waals surface area contributed by atoms with Gasteiger partial charge in [-0.2, -0.15) is 0 Å². The van der Waals surface area contributed by atoms with Gasteiger partial charge in [0.05, 0.1) is 6.16 Å². The largest absolute Gasteiger partial charge is 0.325 e. The minimum Gasteiger partial charge on any atom is -0.324 e. The van der Waals surface area contributed by atoms with Crippen molar-refractivity contribution in [3.8, 4) is 11.1 Å². The van der Waals surface area contributed by atoms with Crippen LogP contribution in [-0.2, 0) is 30.4 Å². The Bertz CT molecular complexity index is 857. The van der Waals surface area contributed by atoms with Gasteiger partial charge in [-0.25, -0.2) is 0 Å². The third-order valence-corrected chi connectivity index (χ3v) is 6.98. The number of nitrogens with one attached hydrogen (secondary N) is 1. The van der Waals surface area contributed by atoms with Crippen LogP contribution in [0, 0.1) is 0 Å². The summed E-state index contributed by atoms with van der Waals surface area (Å²) in [5, 5.41) is 3.36. The molecule has 0 atom stereocenters. The number of unbranched alkanes of at least 4 members (excludes halogenated alkanes) is 3. The lowest BCUT2D eigenvalue weighted by Gasteiger charge is -2.15. The first-order chi connectivity index (χ1) is 14.5. The van der Waals surface area contributed by atoms with Gasteiger partial charge >= 0.3 is 7.60 Å². The van der Waals surface area contributed by atoms with Crippen LogP contribution in [0.25, 0.3) is 11.1 Å². The van der Waals surface area contributed by atoms with Gasteiger partial charge in [0.1, 0.15) is 0 Å². The maximum absolute atomic E-state index is 11.0. The van der Waals surface area contributed by atoms with E-state index in [9.17, 15) is 4.57 Å². The number of benzene rings is 2. The molecular weight excluding hydrogens is 393 g/mol. The van der Waals surface area contributed by atoms with Crippen LogP contribution >= 0.6 is 7.60 Å². The number of hydrogen-bond acceptors (Lipinski definition) is 2. The fraction of sp³-hybridized carbons (Fsp3) is 0.520. The zero-order valence-electron chi connectivity index (χ0n) is 18.2. The average Bonchev–Trinajstić information content (AvgIpc) is 3.21. The Morgan fingerprint density at radius 2 is 1.70 bits per heavy atom. The van der Waals surface area contributed by atoms with Crippen molar-refractivity contribution in [2.45, 2.75) is 71.3 Å². The highest BCUT2D eigenvalue weighted by atomic mass is 31.2. The number of aryl methyl sites for hydroxylation is 1. The molecule has 0 saturated carbocycles. The minimum absolute atomic E-state index is 0.0500. The standard InChI is InChI=1S/C25H36NO3P/c1-2-3-4-5-8-20-11-13-21(14-12-20)24-16-15-22(23-9-6-10-25(23)24)19-26-17-7-18-30(27,28)29/h11-16,26H,2-10,17-19H2,1H3,(H2,27,28,29). The Morgan fingerprint density at radius 3 is 2.43 bits per heavy atom. The number of hydrogen-bond donors (Lipinski definition) is 3. The molecule has 0 bridgehead atoms. The van der Waals surface area contributed by atoms with Gasteiger partial charge in [-0.05, 0) is 78.5 Å². The summed E-state index contributed by atoms with van der Waals surface area (Å²) in [4.78, 5) is 17.9. The molecule has 5 heteroatoms. The van der Waals surface area contributed by atoms with Gasteiger partial charge in [-0.3, -0.25) is 4.57 Å². The summed E-state index contributed by atoms with van der Waals surface area (Å²) in [6.45, 7) is 3.64. The van der Waals surface area contributed by atoms with Crippen LogP contribution in [0.15, 0.2) is 36.4 Å². The summed E-state index contributed by atoms with van der Waals surface area (Å²) in [6.07, 6.45) is 10.3. The summed E-state index contributed by atoms with van der Waals surface area (Å²) in [6, 6.07) is 13.6. The van der Waals surface area contributed by atoms with E-state index >= 15 is 0 Å². The van der Waals surface area contributed by atoms with Crippen LogP contribution in [0.1, 0.15) is 67.7 Å². The minimum atomic E-state index is -3.89. The molecule has 3 N–H and O–H groups in total. The van der Waals surface area contributed by atoms with E-state index < -0.39 is 7.60 Å². The molecule has 3 rings (SSSR count). The molecule has 0 heterocycles. The molecular formula is C25H36NO3P. The third kappa shape index (κ3) is 6.78. The van der Waals surface area contributed by atoms with Crippen molar-refractivity contribution in [3.63, 3.8) is 0 Å². The van der Waals surface area contributed by atoms with Gasteiger partial charge in [0.25, 0.3) is 0 Å². The Labute approximate surface area is 181 Å². The average molecular weight is 430 g/mol. The van der Waals surface area contributed by atoms with Crippen molar-refractivity contribution >= 4 is 7.60 Å². The zero-order chi connectivity index (χ0) is 21.4. The molecule has 0 unspecified atom stereocenters. The molecule has 0 saturated heterocycles. The van der Waals surface area contributed by atoms with Crippen LogP contribution in [-0.4, -0.2) is 22.5 Å². The first-order valence-corrected chi connectivity index (χ1v) is 13.3. The Balaban J connectivity index is 1.62. The smallest absolute Gasteiger partial charge is 0.324 e. The zero-order valence-corrected chi connectivity index (χ0v) is 19.1. The monoisotopic (exact) mass is 429 g/mol. The molecule has 0 amide bonds. The van der Waals surface area contributed by atoms with Gasteiger partial charge in [0.15, 0.2) is 0 Å². The predicted molar refractivity (Wildman–Crippen MR) is 125 cm³/mol. The van der Waals surface area contributed by atoms with E-state index in [0.717, 1.165) is 19.4 Å². The molecule has 0 spiro atoms. The second-order valence-electron chi connectivity index (χ2n) is 8.51. The highest BCUT2D eigenvalue weighted by Gasteiger charge is 2.19. The number of fused-ring (bicyclic) bond motifs is 1. The topological polar surface area (TPSA) is 69.6 Å². The highest BCUT2D eigenvalue weighted by Crippen LogP contribution is 2.36. The van der Waals surface area contributed by atoms with Gasteiger partial charge in [0, 0.05) is 6.54 Å². The molecule has 0 radical (unpaired) electrons. The molecule has 4 nitrogen and oxygen atoms in total. The lowest BCUT2D eigenvalue weighted by molar-refractivity contribution is 0.371. The van der Waals surface area contributed by atoms with E-state index in [1.807, 2.05) is 0 Å². The first-order valence-electron chi connectivity index (χ1n) is 11.5. The molecule has 0 aliphatic heterocycles. The van der Waals surface area contributed by atoms with Crippen LogP contribution in [0.4, 0.5) is 0 Å². The molecule has 2 aromatic rings. The number of rotatable bonds is 12. The SMILES string of the molecule is CCCCCCc1ccc(-c2ccc(CNCCCP(=O)(O)O)c3c2CCC3)cc1. The van der Waals surface area contributed by atoms with Gasteiger partial charge in [0.2, 0.25) is 0 Å². The first kappa shape index (κ1) is 23.2. The van der Waals surface area contributed by atoms with Crippen molar-refractivity contribution in [2.24, 2.45) is 0 Å². The molecule has 164 valence electrons. The third-order valence-electron chi connectivity index (χ3n) is 6.08. The maximum Gasteiger partial charge on any atom is 0.325 e. The second kappa shape index (κ2) is 11.2. The lowest BCUT2D eigenvalue weighted by atomic mass is 9.92.